The third-order valence-corrected chi connectivity index (χ3v) is 4.16. The summed E-state index contributed by atoms with van der Waals surface area (Å²) < 4.78 is 0. The van der Waals surface area contributed by atoms with Crippen LogP contribution in [0.25, 0.3) is 0 Å². The van der Waals surface area contributed by atoms with E-state index in [1.165, 1.54) is 5.56 Å². The lowest BCUT2D eigenvalue weighted by atomic mass is 10.0. The summed E-state index contributed by atoms with van der Waals surface area (Å²) in [5, 5.41) is 2.93. The summed E-state index contributed by atoms with van der Waals surface area (Å²) in [7, 11) is 0. The van der Waals surface area contributed by atoms with Gasteiger partial charge in [0.1, 0.15) is 5.69 Å². The number of hydrogen-bond donors (Lipinski definition) is 1. The van der Waals surface area contributed by atoms with E-state index in [1.807, 2.05) is 36.4 Å². The normalized spacial score (nSPS) is 10.8. The molecule has 0 saturated carbocycles. The van der Waals surface area contributed by atoms with Gasteiger partial charge in [-0.05, 0) is 48.6 Å². The van der Waals surface area contributed by atoms with Gasteiger partial charge in [0, 0.05) is 30.7 Å². The molecule has 0 aliphatic carbocycles. The fraction of sp³-hybridized carbons (Fsp3) is 0.429. The third kappa shape index (κ3) is 5.31. The molecule has 25 heavy (non-hydrogen) atoms. The van der Waals surface area contributed by atoms with Gasteiger partial charge in [0.2, 0.25) is 0 Å². The molecule has 0 radical (unpaired) electrons. The van der Waals surface area contributed by atoms with E-state index in [0.29, 0.717) is 11.6 Å². The lowest BCUT2D eigenvalue weighted by molar-refractivity contribution is 0.102. The number of benzene rings is 1. The minimum Gasteiger partial charge on any atom is -0.371 e. The predicted octanol–water partition coefficient (Wildman–Crippen LogP) is 5.08. The van der Waals surface area contributed by atoms with Gasteiger partial charge in [0.05, 0.1) is 0 Å². The Morgan fingerprint density at radius 1 is 1.08 bits per heavy atom. The van der Waals surface area contributed by atoms with E-state index < -0.39 is 0 Å². The molecule has 0 spiro atoms. The van der Waals surface area contributed by atoms with Crippen molar-refractivity contribution in [3.05, 3.63) is 53.9 Å². The lowest BCUT2D eigenvalue weighted by Crippen LogP contribution is -2.25. The fourth-order valence-electron chi connectivity index (χ4n) is 2.80. The second-order valence-corrected chi connectivity index (χ2v) is 6.62. The maximum absolute atomic E-state index is 12.5. The lowest BCUT2D eigenvalue weighted by Gasteiger charge is -2.23. The van der Waals surface area contributed by atoms with Crippen LogP contribution in [0.3, 0.4) is 0 Å². The Bertz CT molecular complexity index is 674. The molecule has 1 aromatic heterocycles. The van der Waals surface area contributed by atoms with Crippen molar-refractivity contribution >= 4 is 17.3 Å². The molecule has 0 atom stereocenters. The van der Waals surface area contributed by atoms with Crippen LogP contribution in [0.15, 0.2) is 42.6 Å². The summed E-state index contributed by atoms with van der Waals surface area (Å²) in [6, 6.07) is 11.8. The number of anilines is 2. The molecule has 1 aromatic carbocycles. The summed E-state index contributed by atoms with van der Waals surface area (Å²) in [6.45, 7) is 10.6. The van der Waals surface area contributed by atoms with Crippen LogP contribution in [0, 0.1) is 0 Å². The molecule has 0 aliphatic heterocycles. The van der Waals surface area contributed by atoms with Gasteiger partial charge in [-0.1, -0.05) is 39.8 Å². The largest absolute Gasteiger partial charge is 0.371 e. The molecule has 0 fully saturated rings. The molecule has 1 heterocycles. The van der Waals surface area contributed by atoms with E-state index >= 15 is 0 Å². The van der Waals surface area contributed by atoms with Crippen LogP contribution in [-0.2, 0) is 0 Å². The number of hydrogen-bond acceptors (Lipinski definition) is 3. The molecule has 0 bridgehead atoms. The van der Waals surface area contributed by atoms with Gasteiger partial charge >= 0.3 is 0 Å². The minimum absolute atomic E-state index is 0.174. The summed E-state index contributed by atoms with van der Waals surface area (Å²) in [5.74, 6) is 0.304. The summed E-state index contributed by atoms with van der Waals surface area (Å²) in [4.78, 5) is 19.1. The Labute approximate surface area is 151 Å². The van der Waals surface area contributed by atoms with Gasteiger partial charge in [-0.25, -0.2) is 0 Å². The van der Waals surface area contributed by atoms with Gasteiger partial charge in [0.15, 0.2) is 0 Å². The zero-order chi connectivity index (χ0) is 18.2. The number of aromatic nitrogens is 1. The van der Waals surface area contributed by atoms with E-state index in [4.69, 9.17) is 0 Å². The highest BCUT2D eigenvalue weighted by Gasteiger charge is 2.12. The van der Waals surface area contributed by atoms with Crippen LogP contribution in [-0.4, -0.2) is 24.0 Å². The van der Waals surface area contributed by atoms with Crippen molar-refractivity contribution < 1.29 is 4.79 Å². The molecular weight excluding hydrogens is 310 g/mol. The van der Waals surface area contributed by atoms with Crippen molar-refractivity contribution in [1.29, 1.82) is 0 Å². The summed E-state index contributed by atoms with van der Waals surface area (Å²) in [6.07, 6.45) is 3.86. The van der Waals surface area contributed by atoms with Gasteiger partial charge in [-0.15, -0.1) is 0 Å². The molecule has 1 amide bonds. The Morgan fingerprint density at radius 2 is 1.72 bits per heavy atom. The topological polar surface area (TPSA) is 45.2 Å². The van der Waals surface area contributed by atoms with Gasteiger partial charge in [0.25, 0.3) is 5.91 Å². The van der Waals surface area contributed by atoms with Crippen LogP contribution in [0.2, 0.25) is 0 Å². The number of carbonyl (C=O) groups is 1. The van der Waals surface area contributed by atoms with Crippen molar-refractivity contribution in [2.45, 2.75) is 46.5 Å². The molecule has 2 aromatic rings. The average Bonchev–Trinajstić information content (AvgIpc) is 2.62. The molecule has 0 saturated heterocycles. The molecule has 4 nitrogen and oxygen atoms in total. The van der Waals surface area contributed by atoms with E-state index in [-0.39, 0.29) is 5.91 Å². The zero-order valence-electron chi connectivity index (χ0n) is 15.7. The number of nitrogens with zero attached hydrogens (tertiary/aromatic N) is 2. The van der Waals surface area contributed by atoms with Gasteiger partial charge < -0.3 is 10.2 Å². The second kappa shape index (κ2) is 9.21. The van der Waals surface area contributed by atoms with E-state index in [0.717, 1.165) is 37.3 Å². The number of pyridine rings is 1. The molecule has 0 unspecified atom stereocenters. The smallest absolute Gasteiger partial charge is 0.274 e. The first-order valence-electron chi connectivity index (χ1n) is 9.17. The van der Waals surface area contributed by atoms with Gasteiger partial charge in [-0.2, -0.15) is 0 Å². The van der Waals surface area contributed by atoms with E-state index in [1.54, 1.807) is 6.20 Å². The van der Waals surface area contributed by atoms with Crippen molar-refractivity contribution in [1.82, 2.24) is 4.98 Å². The fourth-order valence-corrected chi connectivity index (χ4v) is 2.80. The first-order valence-corrected chi connectivity index (χ1v) is 9.17. The maximum Gasteiger partial charge on any atom is 0.274 e. The SMILES string of the molecule is CCCN(CCC)c1ccnc(C(=O)Nc2ccc(C(C)C)cc2)c1. The van der Waals surface area contributed by atoms with Crippen LogP contribution < -0.4 is 10.2 Å². The minimum atomic E-state index is -0.174. The Morgan fingerprint density at radius 3 is 2.28 bits per heavy atom. The molecule has 4 heteroatoms. The number of carbonyl (C=O) groups excluding carboxylic acids is 1. The van der Waals surface area contributed by atoms with Crippen molar-refractivity contribution in [3.8, 4) is 0 Å². The van der Waals surface area contributed by atoms with Crippen LogP contribution in [0.5, 0.6) is 0 Å². The zero-order valence-corrected chi connectivity index (χ0v) is 15.7. The highest BCUT2D eigenvalue weighted by molar-refractivity contribution is 6.03. The summed E-state index contributed by atoms with van der Waals surface area (Å²) in [5.41, 5.74) is 3.55. The first-order chi connectivity index (χ1) is 12.0. The highest BCUT2D eigenvalue weighted by atomic mass is 16.1. The average molecular weight is 339 g/mol. The van der Waals surface area contributed by atoms with Gasteiger partial charge in [-0.3, -0.25) is 9.78 Å². The Kier molecular flexibility index (Phi) is 6.99. The van der Waals surface area contributed by atoms with E-state index in [2.05, 4.69) is 42.9 Å². The molecular formula is C21H29N3O. The molecule has 2 rings (SSSR count). The molecule has 0 aliphatic rings. The van der Waals surface area contributed by atoms with Crippen molar-refractivity contribution in [2.75, 3.05) is 23.3 Å². The number of rotatable bonds is 8. The molecule has 134 valence electrons. The maximum atomic E-state index is 12.5. The molecule has 1 N–H and O–H groups in total. The Balaban J connectivity index is 2.12. The van der Waals surface area contributed by atoms with E-state index in [9.17, 15) is 4.79 Å². The first kappa shape index (κ1) is 19.0. The predicted molar refractivity (Wildman–Crippen MR) is 106 cm³/mol. The highest BCUT2D eigenvalue weighted by Crippen LogP contribution is 2.19. The monoisotopic (exact) mass is 339 g/mol. The number of amides is 1. The van der Waals surface area contributed by atoms with Crippen molar-refractivity contribution in [2.24, 2.45) is 0 Å². The van der Waals surface area contributed by atoms with Crippen LogP contribution in [0.4, 0.5) is 11.4 Å². The van der Waals surface area contributed by atoms with Crippen LogP contribution >= 0.6 is 0 Å². The van der Waals surface area contributed by atoms with Crippen LogP contribution in [0.1, 0.15) is 62.5 Å². The second-order valence-electron chi connectivity index (χ2n) is 6.62. The quantitative estimate of drug-likeness (QED) is 0.729. The third-order valence-electron chi connectivity index (χ3n) is 4.16. The Hall–Kier alpha value is -2.36. The standard InChI is InChI=1S/C21H29N3O/c1-5-13-24(14-6-2)19-11-12-22-20(15-19)21(25)23-18-9-7-17(8-10-18)16(3)4/h7-12,15-16H,5-6,13-14H2,1-4H3,(H,23,25). The number of nitrogens with one attached hydrogen (secondary N) is 1. The summed E-state index contributed by atoms with van der Waals surface area (Å²) >= 11 is 0. The van der Waals surface area contributed by atoms with Crippen molar-refractivity contribution in [3.63, 3.8) is 0 Å².